The summed E-state index contributed by atoms with van der Waals surface area (Å²) in [5.74, 6) is -0.538. The Bertz CT molecular complexity index is 844. The topological polar surface area (TPSA) is 59.1 Å². The molecule has 0 saturated carbocycles. The molecular formula is C21H21F3O4. The Morgan fingerprint density at radius 1 is 1.29 bits per heavy atom. The standard InChI is InChI=1S/C21H21F3O4/c1-27-20(26)15-6-2-4-13(10-15)17(19-12-28-19)7-3-5-14-11-16(21(22,23)24)8-9-18(14)25/h2,4,6,8-11,17,19,25H,3,5,7,12H2,1H3. The molecule has 1 heterocycles. The molecule has 1 N–H and O–H groups in total. The van der Waals surface area contributed by atoms with Crippen molar-refractivity contribution in [3.8, 4) is 5.75 Å². The normalized spacial score (nSPS) is 17.2. The molecule has 2 atom stereocenters. The Hall–Kier alpha value is -2.54. The number of aromatic hydroxyl groups is 1. The number of halogens is 3. The number of aryl methyl sites for hydroxylation is 1. The number of epoxide rings is 1. The van der Waals surface area contributed by atoms with Crippen molar-refractivity contribution in [3.63, 3.8) is 0 Å². The lowest BCUT2D eigenvalue weighted by Gasteiger charge is -2.16. The van der Waals surface area contributed by atoms with Gasteiger partial charge in [-0.1, -0.05) is 12.1 Å². The van der Waals surface area contributed by atoms with Crippen LogP contribution in [0.5, 0.6) is 5.75 Å². The van der Waals surface area contributed by atoms with Gasteiger partial charge in [0.2, 0.25) is 0 Å². The Kier molecular flexibility index (Phi) is 5.93. The van der Waals surface area contributed by atoms with Gasteiger partial charge in [-0.2, -0.15) is 13.2 Å². The highest BCUT2D eigenvalue weighted by Crippen LogP contribution is 2.36. The van der Waals surface area contributed by atoms with E-state index in [1.54, 1.807) is 18.2 Å². The zero-order valence-electron chi connectivity index (χ0n) is 15.3. The highest BCUT2D eigenvalue weighted by molar-refractivity contribution is 5.89. The third-order valence-corrected chi connectivity index (χ3v) is 4.91. The summed E-state index contributed by atoms with van der Waals surface area (Å²) in [4.78, 5) is 11.8. The van der Waals surface area contributed by atoms with E-state index in [1.165, 1.54) is 7.11 Å². The molecule has 3 rings (SSSR count). The minimum atomic E-state index is -4.44. The first-order chi connectivity index (χ1) is 13.3. The summed E-state index contributed by atoms with van der Waals surface area (Å²) in [6.07, 6.45) is -2.87. The molecule has 1 fully saturated rings. The summed E-state index contributed by atoms with van der Waals surface area (Å²) in [6, 6.07) is 10.1. The van der Waals surface area contributed by atoms with E-state index in [4.69, 9.17) is 9.47 Å². The molecule has 150 valence electrons. The molecule has 0 spiro atoms. The van der Waals surface area contributed by atoms with Gasteiger partial charge in [-0.25, -0.2) is 4.79 Å². The summed E-state index contributed by atoms with van der Waals surface area (Å²) in [5, 5.41) is 9.89. The smallest absolute Gasteiger partial charge is 0.416 e. The minimum Gasteiger partial charge on any atom is -0.508 e. The van der Waals surface area contributed by atoms with Gasteiger partial charge >= 0.3 is 12.1 Å². The molecule has 28 heavy (non-hydrogen) atoms. The molecule has 2 aromatic rings. The second-order valence-corrected chi connectivity index (χ2v) is 6.83. The highest BCUT2D eigenvalue weighted by Gasteiger charge is 2.34. The average Bonchev–Trinajstić information content (AvgIpc) is 3.50. The Labute approximate surface area is 160 Å². The number of benzene rings is 2. The quantitative estimate of drug-likeness (QED) is 0.546. The van der Waals surface area contributed by atoms with Gasteiger partial charge in [-0.15, -0.1) is 0 Å². The van der Waals surface area contributed by atoms with Crippen LogP contribution in [0.4, 0.5) is 13.2 Å². The molecule has 2 unspecified atom stereocenters. The van der Waals surface area contributed by atoms with Crippen molar-refractivity contribution < 1.29 is 32.5 Å². The van der Waals surface area contributed by atoms with Gasteiger partial charge in [0.05, 0.1) is 30.9 Å². The largest absolute Gasteiger partial charge is 0.508 e. The monoisotopic (exact) mass is 394 g/mol. The fraction of sp³-hybridized carbons (Fsp3) is 0.381. The van der Waals surface area contributed by atoms with Crippen molar-refractivity contribution in [2.45, 2.75) is 37.5 Å². The van der Waals surface area contributed by atoms with E-state index in [0.29, 0.717) is 31.4 Å². The Morgan fingerprint density at radius 3 is 2.68 bits per heavy atom. The van der Waals surface area contributed by atoms with E-state index in [-0.39, 0.29) is 23.3 Å². The fourth-order valence-electron chi connectivity index (χ4n) is 3.34. The summed E-state index contributed by atoms with van der Waals surface area (Å²) in [7, 11) is 1.32. The highest BCUT2D eigenvalue weighted by atomic mass is 19.4. The number of phenolic OH excluding ortho intramolecular Hbond substituents is 1. The van der Waals surface area contributed by atoms with Gasteiger partial charge in [-0.05, 0) is 60.7 Å². The third kappa shape index (κ3) is 4.84. The molecular weight excluding hydrogens is 373 g/mol. The van der Waals surface area contributed by atoms with Crippen LogP contribution in [0, 0.1) is 0 Å². The molecule has 0 aromatic heterocycles. The number of esters is 1. The van der Waals surface area contributed by atoms with Gasteiger partial charge in [0.15, 0.2) is 0 Å². The molecule has 1 saturated heterocycles. The molecule has 0 radical (unpaired) electrons. The summed E-state index contributed by atoms with van der Waals surface area (Å²) in [6.45, 7) is 0.613. The van der Waals surface area contributed by atoms with E-state index in [1.807, 2.05) is 6.07 Å². The van der Waals surface area contributed by atoms with Crippen LogP contribution in [0.1, 0.15) is 45.8 Å². The van der Waals surface area contributed by atoms with E-state index >= 15 is 0 Å². The average molecular weight is 394 g/mol. The Balaban J connectivity index is 1.70. The predicted molar refractivity (Wildman–Crippen MR) is 96.3 cm³/mol. The van der Waals surface area contributed by atoms with Crippen LogP contribution in [0.15, 0.2) is 42.5 Å². The number of rotatable bonds is 7. The number of ether oxygens (including phenoxy) is 2. The van der Waals surface area contributed by atoms with Crippen LogP contribution in [0.25, 0.3) is 0 Å². The number of hydrogen-bond donors (Lipinski definition) is 1. The molecule has 0 aliphatic carbocycles. The maximum absolute atomic E-state index is 12.9. The zero-order chi connectivity index (χ0) is 20.3. The zero-order valence-corrected chi connectivity index (χ0v) is 15.3. The molecule has 1 aliphatic rings. The molecule has 2 aromatic carbocycles. The number of carbonyl (C=O) groups excluding carboxylic acids is 1. The summed E-state index contributed by atoms with van der Waals surface area (Å²) in [5.41, 5.74) is 0.876. The van der Waals surface area contributed by atoms with Crippen LogP contribution in [-0.2, 0) is 22.1 Å². The lowest BCUT2D eigenvalue weighted by atomic mass is 9.89. The molecule has 4 nitrogen and oxygen atoms in total. The third-order valence-electron chi connectivity index (χ3n) is 4.91. The molecule has 0 amide bonds. The van der Waals surface area contributed by atoms with Crippen LogP contribution in [0.3, 0.4) is 0 Å². The number of methoxy groups -OCH3 is 1. The first-order valence-corrected chi connectivity index (χ1v) is 8.98. The fourth-order valence-corrected chi connectivity index (χ4v) is 3.34. The SMILES string of the molecule is COC(=O)c1cccc(C(CCCc2cc(C(F)(F)F)ccc2O)C2CO2)c1. The second-order valence-electron chi connectivity index (χ2n) is 6.83. The van der Waals surface area contributed by atoms with Crippen LogP contribution in [0.2, 0.25) is 0 Å². The maximum Gasteiger partial charge on any atom is 0.416 e. The van der Waals surface area contributed by atoms with Crippen molar-refractivity contribution in [3.05, 3.63) is 64.7 Å². The second kappa shape index (κ2) is 8.22. The Morgan fingerprint density at radius 2 is 2.04 bits per heavy atom. The molecule has 7 heteroatoms. The lowest BCUT2D eigenvalue weighted by molar-refractivity contribution is -0.137. The van der Waals surface area contributed by atoms with Crippen molar-refractivity contribution in [2.24, 2.45) is 0 Å². The van der Waals surface area contributed by atoms with Crippen LogP contribution >= 0.6 is 0 Å². The number of alkyl halides is 3. The number of hydrogen-bond acceptors (Lipinski definition) is 4. The van der Waals surface area contributed by atoms with E-state index in [9.17, 15) is 23.1 Å². The van der Waals surface area contributed by atoms with Crippen molar-refractivity contribution in [2.75, 3.05) is 13.7 Å². The maximum atomic E-state index is 12.9. The first kappa shape index (κ1) is 20.2. The van der Waals surface area contributed by atoms with E-state index in [0.717, 1.165) is 23.8 Å². The van der Waals surface area contributed by atoms with Gasteiger partial charge < -0.3 is 14.6 Å². The first-order valence-electron chi connectivity index (χ1n) is 8.98. The lowest BCUT2D eigenvalue weighted by Crippen LogP contribution is -2.10. The van der Waals surface area contributed by atoms with Crippen LogP contribution in [-0.4, -0.2) is 30.9 Å². The van der Waals surface area contributed by atoms with Gasteiger partial charge in [0.25, 0.3) is 0 Å². The molecule has 0 bridgehead atoms. The van der Waals surface area contributed by atoms with Gasteiger partial charge in [0, 0.05) is 5.92 Å². The summed E-state index contributed by atoms with van der Waals surface area (Å²) >= 11 is 0. The van der Waals surface area contributed by atoms with Crippen molar-refractivity contribution >= 4 is 5.97 Å². The van der Waals surface area contributed by atoms with Crippen molar-refractivity contribution in [1.82, 2.24) is 0 Å². The van der Waals surface area contributed by atoms with Crippen LogP contribution < -0.4 is 0 Å². The number of carbonyl (C=O) groups is 1. The predicted octanol–water partition coefficient (Wildman–Crippen LogP) is 4.70. The van der Waals surface area contributed by atoms with E-state index < -0.39 is 17.7 Å². The van der Waals surface area contributed by atoms with Gasteiger partial charge in [0.1, 0.15) is 5.75 Å². The minimum absolute atomic E-state index is 0.0255. The summed E-state index contributed by atoms with van der Waals surface area (Å²) < 4.78 is 48.8. The molecule has 1 aliphatic heterocycles. The van der Waals surface area contributed by atoms with Gasteiger partial charge in [-0.3, -0.25) is 0 Å². The van der Waals surface area contributed by atoms with Crippen molar-refractivity contribution in [1.29, 1.82) is 0 Å². The van der Waals surface area contributed by atoms with E-state index in [2.05, 4.69) is 0 Å². The number of phenols is 1.